The van der Waals surface area contributed by atoms with E-state index in [1.165, 1.54) is 0 Å². The molecule has 2 nitrogen and oxygen atoms in total. The average molecular weight is 413 g/mol. The van der Waals surface area contributed by atoms with E-state index in [2.05, 4.69) is 38.5 Å². The zero-order chi connectivity index (χ0) is 13.1. The SMILES string of the molecule is COC(C)(C)CCC(O)c1cc(I)ccc1Br. The first-order valence-electron chi connectivity index (χ1n) is 5.54. The number of rotatable bonds is 5. The van der Waals surface area contributed by atoms with Crippen LogP contribution < -0.4 is 0 Å². The van der Waals surface area contributed by atoms with Crippen LogP contribution in [0.25, 0.3) is 0 Å². The summed E-state index contributed by atoms with van der Waals surface area (Å²) in [6, 6.07) is 6.00. The van der Waals surface area contributed by atoms with Crippen molar-refractivity contribution >= 4 is 38.5 Å². The number of methoxy groups -OCH3 is 1. The Morgan fingerprint density at radius 3 is 2.71 bits per heavy atom. The Balaban J connectivity index is 2.70. The number of benzene rings is 1. The van der Waals surface area contributed by atoms with Gasteiger partial charge in [0.15, 0.2) is 0 Å². The lowest BCUT2D eigenvalue weighted by atomic mass is 9.97. The van der Waals surface area contributed by atoms with Crippen molar-refractivity contribution in [2.45, 2.75) is 38.4 Å². The van der Waals surface area contributed by atoms with Crippen LogP contribution in [0.1, 0.15) is 38.4 Å². The molecule has 0 fully saturated rings. The molecule has 0 saturated carbocycles. The molecule has 1 unspecified atom stereocenters. The summed E-state index contributed by atoms with van der Waals surface area (Å²) in [5.41, 5.74) is 0.763. The normalized spacial score (nSPS) is 13.8. The highest BCUT2D eigenvalue weighted by molar-refractivity contribution is 14.1. The minimum Gasteiger partial charge on any atom is -0.388 e. The smallest absolute Gasteiger partial charge is 0.0802 e. The van der Waals surface area contributed by atoms with E-state index in [0.717, 1.165) is 20.0 Å². The molecular weight excluding hydrogens is 395 g/mol. The predicted molar refractivity (Wildman–Crippen MR) is 82.1 cm³/mol. The molecule has 0 bridgehead atoms. The average Bonchev–Trinajstić information content (AvgIpc) is 2.29. The van der Waals surface area contributed by atoms with Crippen LogP contribution in [-0.2, 0) is 4.74 Å². The van der Waals surface area contributed by atoms with Gasteiger partial charge in [-0.1, -0.05) is 15.9 Å². The third-order valence-electron chi connectivity index (χ3n) is 2.89. The zero-order valence-corrected chi connectivity index (χ0v) is 14.1. The number of ether oxygens (including phenoxy) is 1. The van der Waals surface area contributed by atoms with Crippen LogP contribution in [0.5, 0.6) is 0 Å². The summed E-state index contributed by atoms with van der Waals surface area (Å²) >= 11 is 5.72. The van der Waals surface area contributed by atoms with E-state index in [4.69, 9.17) is 4.74 Å². The van der Waals surface area contributed by atoms with Gasteiger partial charge in [-0.05, 0) is 73.0 Å². The van der Waals surface area contributed by atoms with E-state index in [1.54, 1.807) is 7.11 Å². The standard InChI is InChI=1S/C13H18BrIO2/c1-13(2,17-3)7-6-12(16)10-8-9(15)4-5-11(10)14/h4-5,8,12,16H,6-7H2,1-3H3. The van der Waals surface area contributed by atoms with Crippen molar-refractivity contribution in [2.24, 2.45) is 0 Å². The van der Waals surface area contributed by atoms with Crippen LogP contribution in [0.3, 0.4) is 0 Å². The number of halogens is 2. The lowest BCUT2D eigenvalue weighted by molar-refractivity contribution is 0.00272. The molecule has 17 heavy (non-hydrogen) atoms. The minimum atomic E-state index is -0.450. The fraction of sp³-hybridized carbons (Fsp3) is 0.538. The van der Waals surface area contributed by atoms with Gasteiger partial charge in [0.1, 0.15) is 0 Å². The van der Waals surface area contributed by atoms with Crippen molar-refractivity contribution in [3.05, 3.63) is 31.8 Å². The van der Waals surface area contributed by atoms with Crippen molar-refractivity contribution in [3.8, 4) is 0 Å². The van der Waals surface area contributed by atoms with Gasteiger partial charge in [0.2, 0.25) is 0 Å². The van der Waals surface area contributed by atoms with E-state index in [9.17, 15) is 5.11 Å². The van der Waals surface area contributed by atoms with Gasteiger partial charge in [-0.25, -0.2) is 0 Å². The van der Waals surface area contributed by atoms with Crippen LogP contribution in [0, 0.1) is 3.57 Å². The zero-order valence-electron chi connectivity index (χ0n) is 10.3. The molecule has 0 aliphatic rings. The highest BCUT2D eigenvalue weighted by Gasteiger charge is 2.20. The van der Waals surface area contributed by atoms with Crippen LogP contribution in [0.4, 0.5) is 0 Å². The second-order valence-corrected chi connectivity index (χ2v) is 6.78. The highest BCUT2D eigenvalue weighted by Crippen LogP contribution is 2.30. The van der Waals surface area contributed by atoms with E-state index in [-0.39, 0.29) is 5.60 Å². The molecule has 0 heterocycles. The first kappa shape index (κ1) is 15.4. The van der Waals surface area contributed by atoms with Gasteiger partial charge in [0.25, 0.3) is 0 Å². The fourth-order valence-electron chi connectivity index (χ4n) is 1.51. The molecule has 1 N–H and O–H groups in total. The number of aliphatic hydroxyl groups excluding tert-OH is 1. The molecule has 1 rings (SSSR count). The van der Waals surface area contributed by atoms with Crippen LogP contribution in [0.15, 0.2) is 22.7 Å². The topological polar surface area (TPSA) is 29.5 Å². The van der Waals surface area contributed by atoms with Crippen molar-refractivity contribution in [3.63, 3.8) is 0 Å². The Morgan fingerprint density at radius 2 is 2.12 bits per heavy atom. The summed E-state index contributed by atoms with van der Waals surface area (Å²) in [7, 11) is 1.70. The second kappa shape index (κ2) is 6.50. The van der Waals surface area contributed by atoms with E-state index >= 15 is 0 Å². The van der Waals surface area contributed by atoms with Crippen molar-refractivity contribution in [2.75, 3.05) is 7.11 Å². The summed E-state index contributed by atoms with van der Waals surface area (Å²) in [5.74, 6) is 0. The summed E-state index contributed by atoms with van der Waals surface area (Å²) in [5, 5.41) is 10.2. The number of hydrogen-bond donors (Lipinski definition) is 1. The van der Waals surface area contributed by atoms with Gasteiger partial charge in [-0.2, -0.15) is 0 Å². The second-order valence-electron chi connectivity index (χ2n) is 4.68. The third kappa shape index (κ3) is 4.85. The minimum absolute atomic E-state index is 0.185. The lowest BCUT2D eigenvalue weighted by Gasteiger charge is -2.24. The quantitative estimate of drug-likeness (QED) is 0.731. The maximum atomic E-state index is 10.2. The van der Waals surface area contributed by atoms with Crippen LogP contribution in [-0.4, -0.2) is 17.8 Å². The summed E-state index contributed by atoms with van der Waals surface area (Å²) in [6.45, 7) is 4.06. The maximum absolute atomic E-state index is 10.2. The first-order valence-corrected chi connectivity index (χ1v) is 7.41. The van der Waals surface area contributed by atoms with Crippen molar-refractivity contribution in [1.82, 2.24) is 0 Å². The summed E-state index contributed by atoms with van der Waals surface area (Å²) in [6.07, 6.45) is 1.07. The molecule has 1 aromatic rings. The Labute approximate surface area is 125 Å². The molecule has 0 saturated heterocycles. The van der Waals surface area contributed by atoms with Gasteiger partial charge >= 0.3 is 0 Å². The fourth-order valence-corrected chi connectivity index (χ4v) is 2.54. The van der Waals surface area contributed by atoms with Gasteiger partial charge in [-0.15, -0.1) is 0 Å². The lowest BCUT2D eigenvalue weighted by Crippen LogP contribution is -2.23. The maximum Gasteiger partial charge on any atom is 0.0802 e. The molecule has 0 radical (unpaired) electrons. The Hall–Kier alpha value is 0.350. The van der Waals surface area contributed by atoms with Crippen LogP contribution >= 0.6 is 38.5 Å². The molecule has 0 spiro atoms. The first-order chi connectivity index (χ1) is 7.85. The Morgan fingerprint density at radius 1 is 1.47 bits per heavy atom. The molecule has 4 heteroatoms. The molecule has 1 atom stereocenters. The molecule has 0 aliphatic carbocycles. The molecule has 1 aromatic carbocycles. The molecule has 96 valence electrons. The monoisotopic (exact) mass is 412 g/mol. The van der Waals surface area contributed by atoms with Gasteiger partial charge in [0.05, 0.1) is 11.7 Å². The number of hydrogen-bond acceptors (Lipinski definition) is 2. The molecular formula is C13H18BrIO2. The number of aliphatic hydroxyl groups is 1. The largest absolute Gasteiger partial charge is 0.388 e. The van der Waals surface area contributed by atoms with E-state index in [0.29, 0.717) is 6.42 Å². The van der Waals surface area contributed by atoms with E-state index in [1.807, 2.05) is 32.0 Å². The summed E-state index contributed by atoms with van der Waals surface area (Å²) in [4.78, 5) is 0. The van der Waals surface area contributed by atoms with Gasteiger partial charge in [-0.3, -0.25) is 0 Å². The Kier molecular flexibility index (Phi) is 5.89. The van der Waals surface area contributed by atoms with Crippen LogP contribution in [0.2, 0.25) is 0 Å². The molecule has 0 amide bonds. The predicted octanol–water partition coefficient (Wildman–Crippen LogP) is 4.29. The highest BCUT2D eigenvalue weighted by atomic mass is 127. The van der Waals surface area contributed by atoms with Gasteiger partial charge < -0.3 is 9.84 Å². The molecule has 0 aliphatic heterocycles. The summed E-state index contributed by atoms with van der Waals surface area (Å²) < 4.78 is 7.44. The third-order valence-corrected chi connectivity index (χ3v) is 4.28. The van der Waals surface area contributed by atoms with Crippen molar-refractivity contribution < 1.29 is 9.84 Å². The molecule has 0 aromatic heterocycles. The van der Waals surface area contributed by atoms with Gasteiger partial charge in [0, 0.05) is 15.2 Å². The Bertz CT molecular complexity index is 380. The van der Waals surface area contributed by atoms with E-state index < -0.39 is 6.10 Å². The van der Waals surface area contributed by atoms with Crippen molar-refractivity contribution in [1.29, 1.82) is 0 Å².